The molecule has 2 unspecified atom stereocenters. The van der Waals surface area contributed by atoms with Crippen molar-refractivity contribution in [3.63, 3.8) is 0 Å². The van der Waals surface area contributed by atoms with E-state index in [1.54, 1.807) is 63.2 Å². The van der Waals surface area contributed by atoms with E-state index >= 15 is 0 Å². The van der Waals surface area contributed by atoms with E-state index in [2.05, 4.69) is 10.6 Å². The third-order valence-electron chi connectivity index (χ3n) is 4.90. The van der Waals surface area contributed by atoms with Gasteiger partial charge in [-0.2, -0.15) is 0 Å². The molecular formula is C25H32N4O5. The Balaban J connectivity index is 2.35. The first-order valence-electron chi connectivity index (χ1n) is 10.8. The molecule has 4 amide bonds. The van der Waals surface area contributed by atoms with E-state index in [0.717, 1.165) is 5.56 Å². The van der Waals surface area contributed by atoms with Gasteiger partial charge in [0.2, 0.25) is 11.8 Å². The summed E-state index contributed by atoms with van der Waals surface area (Å²) in [5.41, 5.74) is 6.53. The van der Waals surface area contributed by atoms with E-state index < -0.39 is 47.9 Å². The molecule has 0 aliphatic carbocycles. The Morgan fingerprint density at radius 1 is 1.00 bits per heavy atom. The molecule has 2 atom stereocenters. The van der Waals surface area contributed by atoms with Crippen LogP contribution in [0.15, 0.2) is 54.6 Å². The summed E-state index contributed by atoms with van der Waals surface area (Å²) in [6, 6.07) is 13.7. The lowest BCUT2D eigenvalue weighted by atomic mass is 10.0. The predicted octanol–water partition coefficient (Wildman–Crippen LogP) is 2.90. The third kappa shape index (κ3) is 7.61. The number of aryl methyl sites for hydroxylation is 1. The number of carbonyl (C=O) groups is 4. The Labute approximate surface area is 199 Å². The predicted molar refractivity (Wildman–Crippen MR) is 129 cm³/mol. The minimum absolute atomic E-state index is 0.452. The normalized spacial score (nSPS) is 12.7. The van der Waals surface area contributed by atoms with Crippen LogP contribution in [0.25, 0.3) is 0 Å². The first-order valence-corrected chi connectivity index (χ1v) is 10.8. The van der Waals surface area contributed by atoms with Crippen molar-refractivity contribution in [2.45, 2.75) is 51.8 Å². The van der Waals surface area contributed by atoms with Gasteiger partial charge >= 0.3 is 6.09 Å². The van der Waals surface area contributed by atoms with Gasteiger partial charge in [0, 0.05) is 12.7 Å². The van der Waals surface area contributed by atoms with E-state index in [4.69, 9.17) is 10.5 Å². The third-order valence-corrected chi connectivity index (χ3v) is 4.90. The van der Waals surface area contributed by atoms with Crippen LogP contribution < -0.4 is 16.4 Å². The van der Waals surface area contributed by atoms with Crippen LogP contribution in [-0.4, -0.2) is 47.4 Å². The molecule has 9 nitrogen and oxygen atoms in total. The van der Waals surface area contributed by atoms with Crippen molar-refractivity contribution in [2.75, 3.05) is 12.4 Å². The molecule has 4 N–H and O–H groups in total. The van der Waals surface area contributed by atoms with Crippen LogP contribution in [0.1, 0.15) is 44.4 Å². The summed E-state index contributed by atoms with van der Waals surface area (Å²) < 4.78 is 5.21. The molecule has 0 radical (unpaired) electrons. The number of carbonyl (C=O) groups excluding carboxylic acids is 4. The molecule has 0 aliphatic heterocycles. The summed E-state index contributed by atoms with van der Waals surface area (Å²) in [6.07, 6.45) is -1.33. The maximum atomic E-state index is 13.4. The lowest BCUT2D eigenvalue weighted by molar-refractivity contribution is -0.140. The van der Waals surface area contributed by atoms with Gasteiger partial charge in [0.15, 0.2) is 0 Å². The molecule has 0 saturated carbocycles. The number of anilines is 1. The molecule has 9 heteroatoms. The van der Waals surface area contributed by atoms with Gasteiger partial charge in [0.05, 0.1) is 6.42 Å². The molecule has 0 aromatic heterocycles. The first-order chi connectivity index (χ1) is 15.9. The van der Waals surface area contributed by atoms with Gasteiger partial charge in [-0.25, -0.2) is 4.79 Å². The molecule has 0 bridgehead atoms. The fourth-order valence-corrected chi connectivity index (χ4v) is 3.32. The highest BCUT2D eigenvalue weighted by atomic mass is 16.6. The number of primary amides is 1. The zero-order valence-electron chi connectivity index (χ0n) is 20.1. The Bertz CT molecular complexity index is 1030. The van der Waals surface area contributed by atoms with Crippen molar-refractivity contribution >= 4 is 29.5 Å². The van der Waals surface area contributed by atoms with Crippen LogP contribution in [0.2, 0.25) is 0 Å². The number of nitrogens with zero attached hydrogens (tertiary/aromatic N) is 1. The summed E-state index contributed by atoms with van der Waals surface area (Å²) in [5, 5.41) is 5.26. The number of alkyl carbamates (subject to hydrolysis) is 1. The lowest BCUT2D eigenvalue weighted by Gasteiger charge is -2.31. The monoisotopic (exact) mass is 468 g/mol. The van der Waals surface area contributed by atoms with E-state index in [1.807, 2.05) is 19.1 Å². The van der Waals surface area contributed by atoms with Gasteiger partial charge < -0.3 is 26.0 Å². The lowest BCUT2D eigenvalue weighted by Crippen LogP contribution is -2.52. The summed E-state index contributed by atoms with van der Waals surface area (Å²) in [7, 11) is 1.43. The number of ether oxygens (including phenoxy) is 1. The van der Waals surface area contributed by atoms with Crippen LogP contribution >= 0.6 is 0 Å². The van der Waals surface area contributed by atoms with Crippen molar-refractivity contribution in [3.8, 4) is 0 Å². The van der Waals surface area contributed by atoms with Crippen LogP contribution in [0.3, 0.4) is 0 Å². The molecule has 0 saturated heterocycles. The molecule has 182 valence electrons. The van der Waals surface area contributed by atoms with Crippen molar-refractivity contribution in [2.24, 2.45) is 5.73 Å². The van der Waals surface area contributed by atoms with Gasteiger partial charge in [0.1, 0.15) is 17.7 Å². The maximum absolute atomic E-state index is 13.4. The summed E-state index contributed by atoms with van der Waals surface area (Å²) >= 11 is 0. The van der Waals surface area contributed by atoms with Crippen LogP contribution in [0, 0.1) is 6.92 Å². The fourth-order valence-electron chi connectivity index (χ4n) is 3.32. The van der Waals surface area contributed by atoms with Crippen LogP contribution in [0.4, 0.5) is 10.5 Å². The summed E-state index contributed by atoms with van der Waals surface area (Å²) in [6.45, 7) is 6.87. The number of likely N-dealkylation sites (N-methyl/N-ethyl adjacent to an activating group) is 1. The molecule has 2 rings (SSSR count). The van der Waals surface area contributed by atoms with Crippen molar-refractivity contribution in [1.29, 1.82) is 0 Å². The number of nitrogens with two attached hydrogens (primary N) is 1. The Kier molecular flexibility index (Phi) is 8.77. The van der Waals surface area contributed by atoms with E-state index in [9.17, 15) is 19.2 Å². The number of nitrogens with one attached hydrogen (secondary N) is 2. The van der Waals surface area contributed by atoms with Crippen molar-refractivity contribution in [1.82, 2.24) is 10.2 Å². The second-order valence-corrected chi connectivity index (χ2v) is 8.94. The maximum Gasteiger partial charge on any atom is 0.408 e. The second kappa shape index (κ2) is 11.3. The smallest absolute Gasteiger partial charge is 0.408 e. The van der Waals surface area contributed by atoms with E-state index in [1.165, 1.54) is 11.9 Å². The Morgan fingerprint density at radius 3 is 2.15 bits per heavy atom. The van der Waals surface area contributed by atoms with E-state index in [0.29, 0.717) is 11.3 Å². The molecular weight excluding hydrogens is 436 g/mol. The SMILES string of the molecule is Cc1ccccc1NC(=O)C(c1ccccc1)N(C)C(=O)C(CC(N)=O)NC(=O)OC(C)(C)C. The van der Waals surface area contributed by atoms with Gasteiger partial charge in [0.25, 0.3) is 5.91 Å². The van der Waals surface area contributed by atoms with E-state index in [-0.39, 0.29) is 0 Å². The average molecular weight is 469 g/mol. The number of hydrogen-bond donors (Lipinski definition) is 3. The topological polar surface area (TPSA) is 131 Å². The van der Waals surface area contributed by atoms with Gasteiger partial charge in [-0.1, -0.05) is 48.5 Å². The zero-order valence-corrected chi connectivity index (χ0v) is 20.1. The Hall–Kier alpha value is -3.88. The molecule has 0 spiro atoms. The highest BCUT2D eigenvalue weighted by Gasteiger charge is 2.35. The Morgan fingerprint density at radius 2 is 1.59 bits per heavy atom. The molecule has 0 aliphatic rings. The highest BCUT2D eigenvalue weighted by Crippen LogP contribution is 2.24. The number of benzene rings is 2. The van der Waals surface area contributed by atoms with Crippen molar-refractivity contribution in [3.05, 3.63) is 65.7 Å². The number of para-hydroxylation sites is 1. The fraction of sp³-hybridized carbons (Fsp3) is 0.360. The summed E-state index contributed by atoms with van der Waals surface area (Å²) in [5.74, 6) is -1.91. The van der Waals surface area contributed by atoms with Gasteiger partial charge in [-0.3, -0.25) is 14.4 Å². The van der Waals surface area contributed by atoms with Gasteiger partial charge in [-0.05, 0) is 44.9 Å². The summed E-state index contributed by atoms with van der Waals surface area (Å²) in [4.78, 5) is 51.9. The van der Waals surface area contributed by atoms with Crippen LogP contribution in [0.5, 0.6) is 0 Å². The highest BCUT2D eigenvalue weighted by molar-refractivity contribution is 6.00. The number of hydrogen-bond acceptors (Lipinski definition) is 5. The minimum atomic E-state index is -1.31. The molecule has 2 aromatic carbocycles. The quantitative estimate of drug-likeness (QED) is 0.548. The van der Waals surface area contributed by atoms with Crippen molar-refractivity contribution < 1.29 is 23.9 Å². The second-order valence-electron chi connectivity index (χ2n) is 8.94. The van der Waals surface area contributed by atoms with Crippen LogP contribution in [-0.2, 0) is 19.1 Å². The zero-order chi connectivity index (χ0) is 25.5. The molecule has 2 aromatic rings. The average Bonchev–Trinajstić information content (AvgIpc) is 2.73. The number of amides is 4. The standard InChI is InChI=1S/C25H32N4O5/c1-16-11-9-10-14-18(16)27-22(31)21(17-12-7-6-8-13-17)29(5)23(32)19(15-20(26)30)28-24(33)34-25(2,3)4/h6-14,19,21H,15H2,1-5H3,(H2,26,30)(H,27,31)(H,28,33). The van der Waals surface area contributed by atoms with Gasteiger partial charge in [-0.15, -0.1) is 0 Å². The minimum Gasteiger partial charge on any atom is -0.444 e. The molecule has 0 fully saturated rings. The number of rotatable bonds is 8. The molecule has 0 heterocycles. The largest absolute Gasteiger partial charge is 0.444 e. The first kappa shape index (κ1) is 26.4. The molecule has 34 heavy (non-hydrogen) atoms.